The quantitative estimate of drug-likeness (QED) is 0.532. The van der Waals surface area contributed by atoms with Gasteiger partial charge >= 0.3 is 0 Å². The van der Waals surface area contributed by atoms with Gasteiger partial charge in [0.05, 0.1) is 0 Å². The summed E-state index contributed by atoms with van der Waals surface area (Å²) in [6.45, 7) is 0. The molecule has 4 heteroatoms. The van der Waals surface area contributed by atoms with Gasteiger partial charge in [0.2, 0.25) is 0 Å². The fourth-order valence-corrected chi connectivity index (χ4v) is 0. The van der Waals surface area contributed by atoms with Crippen LogP contribution in [0.25, 0.3) is 0 Å². The zero-order chi connectivity index (χ0) is 0. The molecule has 0 atom stereocenters. The molecule has 1 radical (unpaired) electrons. The topological polar surface area (TPSA) is 0 Å². The molecule has 0 heterocycles. The van der Waals surface area contributed by atoms with E-state index >= 15 is 0 Å². The Balaban J connectivity index is 0. The third-order valence-corrected chi connectivity index (χ3v) is 0. The molecule has 4 heavy (non-hydrogen) atoms. The molecule has 0 aromatic carbocycles. The third kappa shape index (κ3) is 8.83. The van der Waals surface area contributed by atoms with Crippen molar-refractivity contribution in [2.45, 2.75) is 0 Å². The van der Waals surface area contributed by atoms with E-state index in [1.165, 1.54) is 0 Å². The van der Waals surface area contributed by atoms with E-state index in [1.54, 1.807) is 0 Å². The van der Waals surface area contributed by atoms with E-state index in [-0.39, 0.29) is 75.2 Å². The molecule has 0 nitrogen and oxygen atoms in total. The Kier molecular flexibility index (Phi) is 149. The minimum atomic E-state index is 0. The molecule has 0 aliphatic carbocycles. The molecule has 0 saturated heterocycles. The summed E-state index contributed by atoms with van der Waals surface area (Å²) in [6, 6.07) is 0. The summed E-state index contributed by atoms with van der Waals surface area (Å²) in [5, 5.41) is 0. The van der Waals surface area contributed by atoms with Crippen molar-refractivity contribution in [2.24, 2.45) is 0 Å². The van der Waals surface area contributed by atoms with Gasteiger partial charge in [-0.05, 0) is 0 Å². The van der Waals surface area contributed by atoms with Gasteiger partial charge in [-0.2, -0.15) is 0 Å². The maximum atomic E-state index is 0. The minimum absolute atomic E-state index is 0. The van der Waals surface area contributed by atoms with Crippen LogP contribution < -0.4 is 0 Å². The van der Waals surface area contributed by atoms with Gasteiger partial charge in [0.1, 0.15) is 0 Å². The normalized spacial score (nSPS) is 0. The van der Waals surface area contributed by atoms with Crippen molar-refractivity contribution in [3.05, 3.63) is 0 Å². The van der Waals surface area contributed by atoms with Crippen molar-refractivity contribution in [1.82, 2.24) is 0 Å². The Bertz CT molecular complexity index is 3.25. The number of hydrogen-bond acceptors (Lipinski definition) is 0. The van der Waals surface area contributed by atoms with Gasteiger partial charge in [0, 0.05) is 75.2 Å². The zero-order valence-electron chi connectivity index (χ0n) is 1.39. The van der Waals surface area contributed by atoms with Gasteiger partial charge < -0.3 is 0 Å². The minimum Gasteiger partial charge on any atom is 0 e. The summed E-state index contributed by atoms with van der Waals surface area (Å²) in [6.07, 6.45) is 0. The van der Waals surface area contributed by atoms with Crippen LogP contribution in [0.1, 0.15) is 0 Å². The maximum Gasteiger partial charge on any atom is 0 e. The molecule has 0 saturated carbocycles. The fraction of sp³-hybridized carbons (Fsp3) is 0. The molecule has 0 aliphatic rings. The Labute approximate surface area is 74.3 Å². The average molecular weight is 362 g/mol. The van der Waals surface area contributed by atoms with Gasteiger partial charge in [0.15, 0.2) is 0 Å². The van der Waals surface area contributed by atoms with Crippen LogP contribution in [0.15, 0.2) is 0 Å². The number of hydrogen-bond donors (Lipinski definition) is 0. The maximum absolute atomic E-state index is 0. The SMILES string of the molecule is [Co].[Ru].[Ru].[Ru]. The Morgan fingerprint density at radius 1 is 0.500 bits per heavy atom. The average Bonchev–Trinajstić information content (AvgIpc) is 0. The molecule has 0 amide bonds. The van der Waals surface area contributed by atoms with Crippen molar-refractivity contribution < 1.29 is 75.2 Å². The molecular weight excluding hydrogens is 362 g/mol. The summed E-state index contributed by atoms with van der Waals surface area (Å²) in [5.74, 6) is 0. The molecule has 0 rings (SSSR count). The molecule has 0 bridgehead atoms. The van der Waals surface area contributed by atoms with Gasteiger partial charge in [-0.25, -0.2) is 0 Å². The molecule has 0 spiro atoms. The van der Waals surface area contributed by atoms with Gasteiger partial charge in [-0.1, -0.05) is 0 Å². The predicted octanol–water partition coefficient (Wildman–Crippen LogP) is -0.0100. The largest absolute Gasteiger partial charge is 0 e. The van der Waals surface area contributed by atoms with Crippen molar-refractivity contribution >= 4 is 0 Å². The molecule has 0 aromatic heterocycles. The monoisotopic (exact) mass is 365 g/mol. The van der Waals surface area contributed by atoms with E-state index in [4.69, 9.17) is 0 Å². The predicted molar refractivity (Wildman–Crippen MR) is 0 cm³/mol. The molecule has 0 N–H and O–H groups in total. The first-order chi connectivity index (χ1) is 0. The van der Waals surface area contributed by atoms with E-state index in [1.807, 2.05) is 0 Å². The molecular formula is CoRu3. The third-order valence-electron chi connectivity index (χ3n) is 0. The summed E-state index contributed by atoms with van der Waals surface area (Å²) in [7, 11) is 0. The van der Waals surface area contributed by atoms with Crippen molar-refractivity contribution in [3.63, 3.8) is 0 Å². The van der Waals surface area contributed by atoms with Crippen molar-refractivity contribution in [1.29, 1.82) is 0 Å². The number of rotatable bonds is 0. The van der Waals surface area contributed by atoms with Crippen LogP contribution >= 0.6 is 0 Å². The van der Waals surface area contributed by atoms with Gasteiger partial charge in [0.25, 0.3) is 0 Å². The molecule has 0 unspecified atom stereocenters. The van der Waals surface area contributed by atoms with E-state index in [2.05, 4.69) is 0 Å². The zero-order valence-corrected chi connectivity index (χ0v) is 7.65. The molecule has 0 fully saturated rings. The Morgan fingerprint density at radius 3 is 0.500 bits per heavy atom. The summed E-state index contributed by atoms with van der Waals surface area (Å²) in [4.78, 5) is 0. The van der Waals surface area contributed by atoms with Crippen LogP contribution in [-0.4, -0.2) is 0 Å². The van der Waals surface area contributed by atoms with Gasteiger partial charge in [-0.3, -0.25) is 0 Å². The standard InChI is InChI=1S/Co.3Ru. The molecule has 0 aromatic rings. The summed E-state index contributed by atoms with van der Waals surface area (Å²) >= 11 is 0. The van der Waals surface area contributed by atoms with Crippen LogP contribution in [0.2, 0.25) is 0 Å². The van der Waals surface area contributed by atoms with Crippen LogP contribution in [0.5, 0.6) is 0 Å². The second-order valence-electron chi connectivity index (χ2n) is 0. The second kappa shape index (κ2) is 18.2. The van der Waals surface area contributed by atoms with Crippen LogP contribution in [0.4, 0.5) is 0 Å². The molecule has 0 aliphatic heterocycles. The Hall–Kier alpha value is 2.38. The van der Waals surface area contributed by atoms with E-state index in [9.17, 15) is 0 Å². The van der Waals surface area contributed by atoms with Crippen LogP contribution in [-0.2, 0) is 75.2 Å². The van der Waals surface area contributed by atoms with Crippen LogP contribution in [0, 0.1) is 0 Å². The first kappa shape index (κ1) is 32.6. The van der Waals surface area contributed by atoms with Gasteiger partial charge in [-0.15, -0.1) is 0 Å². The molecule has 33 valence electrons. The van der Waals surface area contributed by atoms with Crippen LogP contribution in [0.3, 0.4) is 0 Å². The van der Waals surface area contributed by atoms with E-state index in [0.717, 1.165) is 0 Å². The summed E-state index contributed by atoms with van der Waals surface area (Å²) < 4.78 is 0. The van der Waals surface area contributed by atoms with E-state index < -0.39 is 0 Å². The second-order valence-corrected chi connectivity index (χ2v) is 0. The van der Waals surface area contributed by atoms with Crippen molar-refractivity contribution in [2.75, 3.05) is 0 Å². The first-order valence-corrected chi connectivity index (χ1v) is 0. The van der Waals surface area contributed by atoms with E-state index in [0.29, 0.717) is 0 Å². The first-order valence-electron chi connectivity index (χ1n) is 0. The smallest absolute Gasteiger partial charge is 0 e. The Morgan fingerprint density at radius 2 is 0.500 bits per heavy atom. The van der Waals surface area contributed by atoms with Crippen molar-refractivity contribution in [3.8, 4) is 0 Å². The fourth-order valence-electron chi connectivity index (χ4n) is 0. The summed E-state index contributed by atoms with van der Waals surface area (Å²) in [5.41, 5.74) is 0.